The maximum atomic E-state index is 13.1. The van der Waals surface area contributed by atoms with Gasteiger partial charge < -0.3 is 14.5 Å². The molecular weight excluding hydrogens is 413 g/mol. The van der Waals surface area contributed by atoms with Crippen molar-refractivity contribution in [2.75, 3.05) is 24.5 Å². The summed E-state index contributed by atoms with van der Waals surface area (Å²) in [6.07, 6.45) is -3.29. The zero-order valence-corrected chi connectivity index (χ0v) is 16.6. The van der Waals surface area contributed by atoms with Crippen LogP contribution in [0.25, 0.3) is 0 Å². The molecule has 0 spiro atoms. The van der Waals surface area contributed by atoms with Gasteiger partial charge in [0.05, 0.1) is 17.3 Å². The number of carbonyl (C=O) groups excluding carboxylic acids is 1. The van der Waals surface area contributed by atoms with Crippen LogP contribution in [-0.2, 0) is 17.3 Å². The molecule has 144 valence electrons. The molecule has 2 aliphatic rings. The van der Waals surface area contributed by atoms with Crippen LogP contribution in [-0.4, -0.2) is 42.3 Å². The number of likely N-dealkylation sites (tertiary alicyclic amines) is 1. The van der Waals surface area contributed by atoms with E-state index in [1.807, 2.05) is 20.8 Å². The number of nitrogens with zero attached hydrogens (tertiary/aromatic N) is 2. The number of fused-ring (bicyclic) bond motifs is 1. The van der Waals surface area contributed by atoms with Crippen molar-refractivity contribution in [1.82, 2.24) is 4.90 Å². The first-order chi connectivity index (χ1) is 12.0. The molecular formula is C18H22BrF3N2O2. The second kappa shape index (κ2) is 6.62. The van der Waals surface area contributed by atoms with Crippen molar-refractivity contribution in [3.05, 3.63) is 27.7 Å². The Labute approximate surface area is 159 Å². The molecule has 3 rings (SSSR count). The molecule has 1 amide bonds. The predicted molar refractivity (Wildman–Crippen MR) is 96.4 cm³/mol. The Balaban J connectivity index is 1.75. The zero-order valence-electron chi connectivity index (χ0n) is 15.0. The number of benzene rings is 1. The number of rotatable bonds is 1. The minimum Gasteiger partial charge on any atom is -0.444 e. The molecule has 0 radical (unpaired) electrons. The fraction of sp³-hybridized carbons (Fsp3) is 0.611. The highest BCUT2D eigenvalue weighted by Gasteiger charge is 2.40. The van der Waals surface area contributed by atoms with Crippen molar-refractivity contribution < 1.29 is 22.7 Å². The molecule has 4 nitrogen and oxygen atoms in total. The Bertz CT molecular complexity index is 710. The monoisotopic (exact) mass is 434 g/mol. The first-order valence-electron chi connectivity index (χ1n) is 8.60. The van der Waals surface area contributed by atoms with Gasteiger partial charge in [-0.2, -0.15) is 13.2 Å². The molecule has 0 bridgehead atoms. The number of alkyl halides is 3. The fourth-order valence-electron chi connectivity index (χ4n) is 3.38. The molecule has 0 aromatic heterocycles. The molecule has 1 saturated heterocycles. The summed E-state index contributed by atoms with van der Waals surface area (Å²) in [5, 5.41) is 0. The Hall–Kier alpha value is -1.44. The first-order valence-corrected chi connectivity index (χ1v) is 9.39. The van der Waals surface area contributed by atoms with Crippen molar-refractivity contribution in [2.45, 2.75) is 51.4 Å². The van der Waals surface area contributed by atoms with E-state index in [-0.39, 0.29) is 12.1 Å². The summed E-state index contributed by atoms with van der Waals surface area (Å²) in [5.74, 6) is 0. The lowest BCUT2D eigenvalue weighted by atomic mass is 9.95. The summed E-state index contributed by atoms with van der Waals surface area (Å²) >= 11 is 3.32. The topological polar surface area (TPSA) is 32.8 Å². The molecule has 0 N–H and O–H groups in total. The minimum absolute atomic E-state index is 0.0922. The summed E-state index contributed by atoms with van der Waals surface area (Å²) in [4.78, 5) is 15.8. The van der Waals surface area contributed by atoms with Crippen LogP contribution in [0.3, 0.4) is 0 Å². The van der Waals surface area contributed by atoms with E-state index < -0.39 is 17.3 Å². The van der Waals surface area contributed by atoms with Gasteiger partial charge in [-0.1, -0.05) is 0 Å². The third kappa shape index (κ3) is 3.94. The van der Waals surface area contributed by atoms with Gasteiger partial charge in [0.15, 0.2) is 0 Å². The van der Waals surface area contributed by atoms with Crippen LogP contribution in [0.15, 0.2) is 16.6 Å². The van der Waals surface area contributed by atoms with Gasteiger partial charge in [-0.15, -0.1) is 0 Å². The summed E-state index contributed by atoms with van der Waals surface area (Å²) in [6, 6.07) is 2.48. The molecule has 1 fully saturated rings. The zero-order chi connectivity index (χ0) is 19.3. The van der Waals surface area contributed by atoms with Crippen LogP contribution in [0.1, 0.15) is 38.3 Å². The summed E-state index contributed by atoms with van der Waals surface area (Å²) in [7, 11) is 0. The van der Waals surface area contributed by atoms with E-state index in [1.54, 1.807) is 4.90 Å². The average molecular weight is 435 g/mol. The van der Waals surface area contributed by atoms with E-state index >= 15 is 0 Å². The number of carbonyl (C=O) groups is 1. The summed E-state index contributed by atoms with van der Waals surface area (Å²) < 4.78 is 45.0. The second-order valence-electron chi connectivity index (χ2n) is 7.80. The number of anilines is 1. The predicted octanol–water partition coefficient (Wildman–Crippen LogP) is 4.84. The van der Waals surface area contributed by atoms with Crippen LogP contribution >= 0.6 is 15.9 Å². The van der Waals surface area contributed by atoms with Gasteiger partial charge in [-0.25, -0.2) is 4.79 Å². The van der Waals surface area contributed by atoms with E-state index in [0.29, 0.717) is 29.5 Å². The first kappa shape index (κ1) is 19.3. The third-order valence-corrected chi connectivity index (χ3v) is 5.16. The van der Waals surface area contributed by atoms with Crippen LogP contribution in [0.2, 0.25) is 0 Å². The van der Waals surface area contributed by atoms with Crippen molar-refractivity contribution in [3.63, 3.8) is 0 Å². The Morgan fingerprint density at radius 3 is 2.46 bits per heavy atom. The number of amides is 1. The number of ether oxygens (including phenoxy) is 1. The largest absolute Gasteiger partial charge is 0.444 e. The van der Waals surface area contributed by atoms with Gasteiger partial charge in [-0.3, -0.25) is 0 Å². The van der Waals surface area contributed by atoms with Crippen molar-refractivity contribution in [1.29, 1.82) is 0 Å². The highest BCUT2D eigenvalue weighted by atomic mass is 79.9. The molecule has 1 aromatic rings. The van der Waals surface area contributed by atoms with Crippen LogP contribution in [0.4, 0.5) is 23.7 Å². The van der Waals surface area contributed by atoms with E-state index in [0.717, 1.165) is 24.7 Å². The highest BCUT2D eigenvalue weighted by Crippen LogP contribution is 2.42. The molecule has 0 aliphatic carbocycles. The molecule has 0 saturated carbocycles. The molecule has 0 atom stereocenters. The van der Waals surface area contributed by atoms with E-state index in [2.05, 4.69) is 20.8 Å². The van der Waals surface area contributed by atoms with Gasteiger partial charge >= 0.3 is 12.3 Å². The smallest absolute Gasteiger partial charge is 0.416 e. The number of halogens is 4. The summed E-state index contributed by atoms with van der Waals surface area (Å²) in [5.41, 5.74) is 0.345. The Morgan fingerprint density at radius 1 is 1.23 bits per heavy atom. The van der Waals surface area contributed by atoms with Crippen molar-refractivity contribution >= 4 is 27.7 Å². The normalized spacial score (nSPS) is 18.4. The minimum atomic E-state index is -4.36. The maximum absolute atomic E-state index is 13.1. The quantitative estimate of drug-likeness (QED) is 0.633. The van der Waals surface area contributed by atoms with Gasteiger partial charge in [0, 0.05) is 24.1 Å². The number of aryl methyl sites for hydroxylation is 1. The van der Waals surface area contributed by atoms with Crippen LogP contribution < -0.4 is 4.90 Å². The standard InChI is InChI=1S/C18H22BrF3N2O2/c1-17(2,3)26-16(25)23-9-13(10-23)24-6-4-5-11-7-12(18(20,21)22)8-14(19)15(11)24/h7-8,13H,4-6,9-10H2,1-3H3. The lowest BCUT2D eigenvalue weighted by Gasteiger charge is -2.48. The SMILES string of the molecule is CC(C)(C)OC(=O)N1CC(N2CCCc3cc(C(F)(F)F)cc(Br)c32)C1. The highest BCUT2D eigenvalue weighted by molar-refractivity contribution is 9.10. The second-order valence-corrected chi connectivity index (χ2v) is 8.65. The van der Waals surface area contributed by atoms with E-state index in [9.17, 15) is 18.0 Å². The lowest BCUT2D eigenvalue weighted by Crippen LogP contribution is -2.62. The third-order valence-electron chi connectivity index (χ3n) is 4.56. The number of hydrogen-bond donors (Lipinski definition) is 0. The molecule has 2 aliphatic heterocycles. The fourth-order valence-corrected chi connectivity index (χ4v) is 4.11. The van der Waals surface area contributed by atoms with Crippen molar-refractivity contribution in [2.24, 2.45) is 0 Å². The van der Waals surface area contributed by atoms with Crippen LogP contribution in [0, 0.1) is 0 Å². The molecule has 2 heterocycles. The van der Waals surface area contributed by atoms with Gasteiger partial charge in [-0.05, 0) is 67.2 Å². The number of hydrogen-bond acceptors (Lipinski definition) is 3. The summed E-state index contributed by atoms with van der Waals surface area (Å²) in [6.45, 7) is 7.25. The Kier molecular flexibility index (Phi) is 4.92. The molecule has 1 aromatic carbocycles. The van der Waals surface area contributed by atoms with Crippen molar-refractivity contribution in [3.8, 4) is 0 Å². The molecule has 26 heavy (non-hydrogen) atoms. The van der Waals surface area contributed by atoms with Gasteiger partial charge in [0.25, 0.3) is 0 Å². The average Bonchev–Trinajstić information content (AvgIpc) is 2.42. The molecule has 0 unspecified atom stereocenters. The van der Waals surface area contributed by atoms with Gasteiger partial charge in [0.2, 0.25) is 0 Å². The Morgan fingerprint density at radius 2 is 1.88 bits per heavy atom. The van der Waals surface area contributed by atoms with Gasteiger partial charge in [0.1, 0.15) is 5.60 Å². The van der Waals surface area contributed by atoms with E-state index in [1.165, 1.54) is 6.07 Å². The maximum Gasteiger partial charge on any atom is 0.416 e. The molecule has 8 heteroatoms. The lowest BCUT2D eigenvalue weighted by molar-refractivity contribution is -0.137. The van der Waals surface area contributed by atoms with E-state index in [4.69, 9.17) is 4.74 Å². The van der Waals surface area contributed by atoms with Crippen LogP contribution in [0.5, 0.6) is 0 Å².